The standard InChI is InChI=1S/C14H20N4O2/c1-17-5-2-6-18(9-13(17)19)8-11-4-3-10(14(16)20)7-12(11)15/h3-4,7H,2,5-6,8-9,15H2,1H3,(H2,16,20). The van der Waals surface area contributed by atoms with Crippen LogP contribution in [0.5, 0.6) is 0 Å². The molecule has 1 aliphatic rings. The zero-order valence-electron chi connectivity index (χ0n) is 11.6. The van der Waals surface area contributed by atoms with E-state index in [4.69, 9.17) is 11.5 Å². The molecule has 1 heterocycles. The van der Waals surface area contributed by atoms with Crippen molar-refractivity contribution in [3.05, 3.63) is 29.3 Å². The quantitative estimate of drug-likeness (QED) is 0.762. The van der Waals surface area contributed by atoms with E-state index < -0.39 is 5.91 Å². The van der Waals surface area contributed by atoms with Crippen molar-refractivity contribution in [1.29, 1.82) is 0 Å². The Morgan fingerprint density at radius 2 is 2.10 bits per heavy atom. The minimum absolute atomic E-state index is 0.120. The van der Waals surface area contributed by atoms with Gasteiger partial charge in [-0.3, -0.25) is 14.5 Å². The van der Waals surface area contributed by atoms with Gasteiger partial charge in [-0.2, -0.15) is 0 Å². The summed E-state index contributed by atoms with van der Waals surface area (Å²) in [4.78, 5) is 26.7. The number of benzene rings is 1. The van der Waals surface area contributed by atoms with Crippen LogP contribution in [0.1, 0.15) is 22.3 Å². The predicted molar refractivity (Wildman–Crippen MR) is 76.9 cm³/mol. The summed E-state index contributed by atoms with van der Waals surface area (Å²) < 4.78 is 0. The third-order valence-electron chi connectivity index (χ3n) is 3.58. The van der Waals surface area contributed by atoms with Gasteiger partial charge in [0.05, 0.1) is 6.54 Å². The average molecular weight is 276 g/mol. The molecule has 1 saturated heterocycles. The summed E-state index contributed by atoms with van der Waals surface area (Å²) in [5.41, 5.74) is 13.0. The van der Waals surface area contributed by atoms with Crippen LogP contribution in [0.3, 0.4) is 0 Å². The fourth-order valence-electron chi connectivity index (χ4n) is 2.32. The van der Waals surface area contributed by atoms with Crippen LogP contribution in [-0.2, 0) is 11.3 Å². The molecule has 1 aromatic rings. The second kappa shape index (κ2) is 5.92. The largest absolute Gasteiger partial charge is 0.398 e. The molecule has 1 aromatic carbocycles. The number of anilines is 1. The van der Waals surface area contributed by atoms with E-state index in [1.54, 1.807) is 23.1 Å². The van der Waals surface area contributed by atoms with Gasteiger partial charge in [0.15, 0.2) is 0 Å². The first-order valence-corrected chi connectivity index (χ1v) is 6.62. The fraction of sp³-hybridized carbons (Fsp3) is 0.429. The first-order valence-electron chi connectivity index (χ1n) is 6.62. The molecular formula is C14H20N4O2. The van der Waals surface area contributed by atoms with E-state index in [2.05, 4.69) is 4.90 Å². The Kier molecular flexibility index (Phi) is 4.24. The van der Waals surface area contributed by atoms with E-state index in [0.717, 1.165) is 25.1 Å². The lowest BCUT2D eigenvalue weighted by Crippen LogP contribution is -2.34. The highest BCUT2D eigenvalue weighted by Gasteiger charge is 2.19. The lowest BCUT2D eigenvalue weighted by molar-refractivity contribution is -0.130. The molecule has 108 valence electrons. The van der Waals surface area contributed by atoms with Crippen LogP contribution in [-0.4, -0.2) is 48.3 Å². The second-order valence-electron chi connectivity index (χ2n) is 5.16. The molecule has 0 bridgehead atoms. The highest BCUT2D eigenvalue weighted by Crippen LogP contribution is 2.17. The monoisotopic (exact) mass is 276 g/mol. The molecule has 0 aromatic heterocycles. The van der Waals surface area contributed by atoms with Crippen molar-refractivity contribution in [1.82, 2.24) is 9.80 Å². The van der Waals surface area contributed by atoms with Crippen molar-refractivity contribution in [2.24, 2.45) is 5.73 Å². The Hall–Kier alpha value is -2.08. The number of nitrogens with two attached hydrogens (primary N) is 2. The zero-order chi connectivity index (χ0) is 14.7. The SMILES string of the molecule is CN1CCCN(Cc2ccc(C(N)=O)cc2N)CC1=O. The Labute approximate surface area is 118 Å². The first-order chi connectivity index (χ1) is 9.47. The van der Waals surface area contributed by atoms with Crippen LogP contribution < -0.4 is 11.5 Å². The third-order valence-corrected chi connectivity index (χ3v) is 3.58. The van der Waals surface area contributed by atoms with Crippen molar-refractivity contribution in [3.8, 4) is 0 Å². The van der Waals surface area contributed by atoms with E-state index in [9.17, 15) is 9.59 Å². The van der Waals surface area contributed by atoms with Gasteiger partial charge < -0.3 is 16.4 Å². The smallest absolute Gasteiger partial charge is 0.248 e. The summed E-state index contributed by atoms with van der Waals surface area (Å²) in [5, 5.41) is 0. The summed E-state index contributed by atoms with van der Waals surface area (Å²) in [7, 11) is 1.82. The van der Waals surface area contributed by atoms with Crippen molar-refractivity contribution in [2.75, 3.05) is 32.4 Å². The van der Waals surface area contributed by atoms with Gasteiger partial charge in [0.1, 0.15) is 0 Å². The third kappa shape index (κ3) is 3.27. The molecule has 0 atom stereocenters. The molecule has 0 unspecified atom stereocenters. The summed E-state index contributed by atoms with van der Waals surface area (Å²) >= 11 is 0. The molecule has 0 spiro atoms. The molecule has 2 amide bonds. The number of carbonyl (C=O) groups is 2. The number of hydrogen-bond donors (Lipinski definition) is 2. The number of primary amides is 1. The minimum atomic E-state index is -0.491. The molecule has 0 saturated carbocycles. The summed E-state index contributed by atoms with van der Waals surface area (Å²) in [6, 6.07) is 5.05. The van der Waals surface area contributed by atoms with Crippen LogP contribution >= 0.6 is 0 Å². The molecule has 1 fully saturated rings. The van der Waals surface area contributed by atoms with Crippen LogP contribution in [0.25, 0.3) is 0 Å². The summed E-state index contributed by atoms with van der Waals surface area (Å²) in [5.74, 6) is -0.371. The van der Waals surface area contributed by atoms with Crippen molar-refractivity contribution in [2.45, 2.75) is 13.0 Å². The molecule has 6 nitrogen and oxygen atoms in total. The first kappa shape index (κ1) is 14.3. The van der Waals surface area contributed by atoms with Crippen LogP contribution in [0.4, 0.5) is 5.69 Å². The highest BCUT2D eigenvalue weighted by atomic mass is 16.2. The number of amides is 2. The number of nitrogens with zero attached hydrogens (tertiary/aromatic N) is 2. The van der Waals surface area contributed by atoms with E-state index in [1.807, 2.05) is 7.05 Å². The molecule has 0 aliphatic carbocycles. The van der Waals surface area contributed by atoms with Gasteiger partial charge in [-0.25, -0.2) is 0 Å². The van der Waals surface area contributed by atoms with Gasteiger partial charge in [-0.15, -0.1) is 0 Å². The number of hydrogen-bond acceptors (Lipinski definition) is 4. The normalized spacial score (nSPS) is 17.1. The van der Waals surface area contributed by atoms with Crippen molar-refractivity contribution < 1.29 is 9.59 Å². The Morgan fingerprint density at radius 1 is 1.35 bits per heavy atom. The van der Waals surface area contributed by atoms with Crippen LogP contribution in [0, 0.1) is 0 Å². The molecular weight excluding hydrogens is 256 g/mol. The Balaban J connectivity index is 2.09. The van der Waals surface area contributed by atoms with E-state index in [0.29, 0.717) is 24.3 Å². The van der Waals surface area contributed by atoms with Crippen molar-refractivity contribution >= 4 is 17.5 Å². The molecule has 6 heteroatoms. The molecule has 0 radical (unpaired) electrons. The zero-order valence-corrected chi connectivity index (χ0v) is 11.6. The van der Waals surface area contributed by atoms with Gasteiger partial charge in [0.25, 0.3) is 0 Å². The molecule has 20 heavy (non-hydrogen) atoms. The summed E-state index contributed by atoms with van der Waals surface area (Å²) in [6.45, 7) is 2.64. The molecule has 1 aliphatic heterocycles. The Bertz CT molecular complexity index is 530. The van der Waals surface area contributed by atoms with E-state index >= 15 is 0 Å². The Morgan fingerprint density at radius 3 is 2.75 bits per heavy atom. The fourth-order valence-corrected chi connectivity index (χ4v) is 2.32. The van der Waals surface area contributed by atoms with Gasteiger partial charge >= 0.3 is 0 Å². The van der Waals surface area contributed by atoms with Gasteiger partial charge in [0.2, 0.25) is 11.8 Å². The number of rotatable bonds is 3. The highest BCUT2D eigenvalue weighted by molar-refractivity contribution is 5.93. The lowest BCUT2D eigenvalue weighted by Gasteiger charge is -2.20. The van der Waals surface area contributed by atoms with Crippen LogP contribution in [0.15, 0.2) is 18.2 Å². The second-order valence-corrected chi connectivity index (χ2v) is 5.16. The molecule has 2 rings (SSSR count). The average Bonchev–Trinajstić information content (AvgIpc) is 2.54. The maximum atomic E-state index is 11.8. The number of nitrogen functional groups attached to an aromatic ring is 1. The topological polar surface area (TPSA) is 92.7 Å². The maximum absolute atomic E-state index is 11.8. The number of carbonyl (C=O) groups excluding carboxylic acids is 2. The number of likely N-dealkylation sites (N-methyl/N-ethyl adjacent to an activating group) is 1. The molecule has 4 N–H and O–H groups in total. The summed E-state index contributed by atoms with van der Waals surface area (Å²) in [6.07, 6.45) is 0.946. The van der Waals surface area contributed by atoms with E-state index in [1.165, 1.54) is 0 Å². The van der Waals surface area contributed by atoms with Gasteiger partial charge in [0, 0.05) is 37.9 Å². The maximum Gasteiger partial charge on any atom is 0.248 e. The van der Waals surface area contributed by atoms with Crippen LogP contribution in [0.2, 0.25) is 0 Å². The van der Waals surface area contributed by atoms with Gasteiger partial charge in [-0.1, -0.05) is 6.07 Å². The van der Waals surface area contributed by atoms with Gasteiger partial charge in [-0.05, 0) is 24.1 Å². The minimum Gasteiger partial charge on any atom is -0.398 e. The van der Waals surface area contributed by atoms with E-state index in [-0.39, 0.29) is 5.91 Å². The van der Waals surface area contributed by atoms with Crippen molar-refractivity contribution in [3.63, 3.8) is 0 Å². The predicted octanol–water partition coefficient (Wildman–Crippen LogP) is 0.0318. The lowest BCUT2D eigenvalue weighted by atomic mass is 10.1.